The maximum absolute atomic E-state index is 8.98. The molecule has 2 rings (SSSR count). The molecule has 1 fully saturated rings. The van der Waals surface area contributed by atoms with Crippen molar-refractivity contribution in [2.24, 2.45) is 16.8 Å². The molecule has 5 nitrogen and oxygen atoms in total. The van der Waals surface area contributed by atoms with Crippen molar-refractivity contribution in [1.82, 2.24) is 4.98 Å². The van der Waals surface area contributed by atoms with E-state index in [1.54, 1.807) is 0 Å². The minimum absolute atomic E-state index is 0.131. The Labute approximate surface area is 114 Å². The van der Waals surface area contributed by atoms with E-state index in [1.807, 2.05) is 19.9 Å². The van der Waals surface area contributed by atoms with Gasteiger partial charge >= 0.3 is 0 Å². The van der Waals surface area contributed by atoms with Crippen LogP contribution in [0.4, 0.5) is 5.69 Å². The summed E-state index contributed by atoms with van der Waals surface area (Å²) in [4.78, 5) is 6.75. The molecule has 1 aliphatic rings. The van der Waals surface area contributed by atoms with Gasteiger partial charge in [-0.3, -0.25) is 4.98 Å². The molecule has 0 bridgehead atoms. The third kappa shape index (κ3) is 2.50. The van der Waals surface area contributed by atoms with Crippen molar-refractivity contribution >= 4 is 11.5 Å². The van der Waals surface area contributed by atoms with Crippen LogP contribution in [0.5, 0.6) is 0 Å². The SMILES string of the molecule is Cc1cc(N2CC(C)CC2C)c(/C(N)=N/O)c(C)n1. The number of nitrogens with zero attached hydrogens (tertiary/aromatic N) is 3. The predicted molar refractivity (Wildman–Crippen MR) is 76.8 cm³/mol. The summed E-state index contributed by atoms with van der Waals surface area (Å²) in [5.74, 6) is 0.788. The quantitative estimate of drug-likeness (QED) is 0.370. The van der Waals surface area contributed by atoms with Crippen LogP contribution in [0.1, 0.15) is 37.2 Å². The molecule has 0 saturated carbocycles. The highest BCUT2D eigenvalue weighted by Crippen LogP contribution is 2.32. The van der Waals surface area contributed by atoms with Crippen molar-refractivity contribution in [3.63, 3.8) is 0 Å². The predicted octanol–water partition coefficient (Wildman–Crippen LogP) is 2.03. The summed E-state index contributed by atoms with van der Waals surface area (Å²) in [7, 11) is 0. The molecule has 1 aliphatic heterocycles. The maximum atomic E-state index is 8.98. The summed E-state index contributed by atoms with van der Waals surface area (Å²) >= 11 is 0. The summed E-state index contributed by atoms with van der Waals surface area (Å²) in [6.45, 7) is 9.33. The molecule has 2 heterocycles. The lowest BCUT2D eigenvalue weighted by molar-refractivity contribution is 0.318. The zero-order valence-electron chi connectivity index (χ0n) is 12.0. The van der Waals surface area contributed by atoms with Crippen molar-refractivity contribution in [2.45, 2.75) is 40.2 Å². The van der Waals surface area contributed by atoms with Gasteiger partial charge in [-0.05, 0) is 39.2 Å². The largest absolute Gasteiger partial charge is 0.409 e. The summed E-state index contributed by atoms with van der Waals surface area (Å²) in [5.41, 5.74) is 9.35. The first-order chi connectivity index (χ1) is 8.93. The zero-order chi connectivity index (χ0) is 14.2. The van der Waals surface area contributed by atoms with Gasteiger partial charge in [-0.15, -0.1) is 0 Å². The molecule has 5 heteroatoms. The van der Waals surface area contributed by atoms with E-state index in [0.717, 1.165) is 35.6 Å². The third-order valence-corrected chi connectivity index (χ3v) is 3.76. The standard InChI is InChI=1S/C14H22N4O/c1-8-5-10(3)18(7-8)12-6-9(2)16-11(4)13(12)14(15)17-19/h6,8,10,19H,5,7H2,1-4H3,(H2,15,17). The first-order valence-corrected chi connectivity index (χ1v) is 6.66. The fourth-order valence-electron chi connectivity index (χ4n) is 3.04. The van der Waals surface area contributed by atoms with Crippen molar-refractivity contribution in [1.29, 1.82) is 0 Å². The van der Waals surface area contributed by atoms with Crippen molar-refractivity contribution in [3.8, 4) is 0 Å². The van der Waals surface area contributed by atoms with E-state index in [1.165, 1.54) is 0 Å². The van der Waals surface area contributed by atoms with E-state index >= 15 is 0 Å². The van der Waals surface area contributed by atoms with Gasteiger partial charge in [0.2, 0.25) is 0 Å². The topological polar surface area (TPSA) is 74.7 Å². The minimum atomic E-state index is 0.131. The average Bonchev–Trinajstić information content (AvgIpc) is 2.66. The smallest absolute Gasteiger partial charge is 0.174 e. The second-order valence-electron chi connectivity index (χ2n) is 5.57. The van der Waals surface area contributed by atoms with Gasteiger partial charge in [0.05, 0.1) is 16.9 Å². The molecular formula is C14H22N4O. The molecular weight excluding hydrogens is 240 g/mol. The van der Waals surface area contributed by atoms with E-state index in [0.29, 0.717) is 12.0 Å². The molecule has 19 heavy (non-hydrogen) atoms. The van der Waals surface area contributed by atoms with Gasteiger partial charge in [-0.1, -0.05) is 12.1 Å². The Morgan fingerprint density at radius 1 is 1.47 bits per heavy atom. The fourth-order valence-corrected chi connectivity index (χ4v) is 3.04. The Morgan fingerprint density at radius 3 is 2.68 bits per heavy atom. The molecule has 1 aromatic rings. The second kappa shape index (κ2) is 5.07. The average molecular weight is 262 g/mol. The number of aryl methyl sites for hydroxylation is 2. The van der Waals surface area contributed by atoms with E-state index in [-0.39, 0.29) is 5.84 Å². The van der Waals surface area contributed by atoms with Gasteiger partial charge in [-0.2, -0.15) is 0 Å². The zero-order valence-corrected chi connectivity index (χ0v) is 12.0. The van der Waals surface area contributed by atoms with Gasteiger partial charge in [-0.25, -0.2) is 0 Å². The summed E-state index contributed by atoms with van der Waals surface area (Å²) in [6.07, 6.45) is 1.16. The van der Waals surface area contributed by atoms with E-state index in [9.17, 15) is 0 Å². The lowest BCUT2D eigenvalue weighted by atomic mass is 10.1. The van der Waals surface area contributed by atoms with Crippen LogP contribution < -0.4 is 10.6 Å². The van der Waals surface area contributed by atoms with E-state index in [4.69, 9.17) is 10.9 Å². The number of oxime groups is 1. The molecule has 1 saturated heterocycles. The van der Waals surface area contributed by atoms with Crippen molar-refractivity contribution < 1.29 is 5.21 Å². The summed E-state index contributed by atoms with van der Waals surface area (Å²) < 4.78 is 0. The van der Waals surface area contributed by atoms with Crippen LogP contribution in [0.2, 0.25) is 0 Å². The first kappa shape index (κ1) is 13.6. The number of amidine groups is 1. The van der Waals surface area contributed by atoms with Crippen LogP contribution >= 0.6 is 0 Å². The Bertz CT molecular complexity index is 512. The monoisotopic (exact) mass is 262 g/mol. The Kier molecular flexibility index (Phi) is 3.64. The summed E-state index contributed by atoms with van der Waals surface area (Å²) in [6, 6.07) is 2.48. The van der Waals surface area contributed by atoms with Crippen LogP contribution in [0.25, 0.3) is 0 Å². The third-order valence-electron chi connectivity index (χ3n) is 3.76. The van der Waals surface area contributed by atoms with Gasteiger partial charge < -0.3 is 15.8 Å². The number of pyridine rings is 1. The highest BCUT2D eigenvalue weighted by Gasteiger charge is 2.29. The number of hydrogen-bond donors (Lipinski definition) is 2. The Balaban J connectivity index is 2.55. The molecule has 0 spiro atoms. The molecule has 104 valence electrons. The van der Waals surface area contributed by atoms with Crippen molar-refractivity contribution in [3.05, 3.63) is 23.0 Å². The van der Waals surface area contributed by atoms with E-state index in [2.05, 4.69) is 28.9 Å². The highest BCUT2D eigenvalue weighted by molar-refractivity contribution is 6.03. The molecule has 2 atom stereocenters. The summed E-state index contributed by atoms with van der Waals surface area (Å²) in [5, 5.41) is 12.1. The fraction of sp³-hybridized carbons (Fsp3) is 0.571. The second-order valence-corrected chi connectivity index (χ2v) is 5.57. The normalized spacial score (nSPS) is 24.0. The number of anilines is 1. The molecule has 2 unspecified atom stereocenters. The van der Waals surface area contributed by atoms with Gasteiger partial charge in [0.25, 0.3) is 0 Å². The van der Waals surface area contributed by atoms with Crippen LogP contribution in [0, 0.1) is 19.8 Å². The van der Waals surface area contributed by atoms with Gasteiger partial charge in [0, 0.05) is 18.3 Å². The number of nitrogens with two attached hydrogens (primary N) is 1. The van der Waals surface area contributed by atoms with Crippen LogP contribution in [0.3, 0.4) is 0 Å². The van der Waals surface area contributed by atoms with Gasteiger partial charge in [0.1, 0.15) is 0 Å². The Morgan fingerprint density at radius 2 is 2.16 bits per heavy atom. The van der Waals surface area contributed by atoms with Crippen molar-refractivity contribution in [2.75, 3.05) is 11.4 Å². The highest BCUT2D eigenvalue weighted by atomic mass is 16.4. The lowest BCUT2D eigenvalue weighted by Gasteiger charge is -2.27. The molecule has 0 aliphatic carbocycles. The molecule has 0 aromatic carbocycles. The number of aromatic nitrogens is 1. The molecule has 0 radical (unpaired) electrons. The minimum Gasteiger partial charge on any atom is -0.409 e. The van der Waals surface area contributed by atoms with E-state index < -0.39 is 0 Å². The molecule has 3 N–H and O–H groups in total. The molecule has 0 amide bonds. The first-order valence-electron chi connectivity index (χ1n) is 6.66. The van der Waals surface area contributed by atoms with Crippen LogP contribution in [0.15, 0.2) is 11.2 Å². The number of hydrogen-bond acceptors (Lipinski definition) is 4. The van der Waals surface area contributed by atoms with Crippen LogP contribution in [-0.2, 0) is 0 Å². The van der Waals surface area contributed by atoms with Crippen LogP contribution in [-0.4, -0.2) is 28.6 Å². The maximum Gasteiger partial charge on any atom is 0.174 e. The molecule has 1 aromatic heterocycles. The number of rotatable bonds is 2. The lowest BCUT2D eigenvalue weighted by Crippen LogP contribution is -2.30. The Hall–Kier alpha value is -1.78. The van der Waals surface area contributed by atoms with Gasteiger partial charge in [0.15, 0.2) is 5.84 Å².